The molecule has 0 aromatic heterocycles. The molecular formula is C10H16O3. The molecule has 0 unspecified atom stereocenters. The summed E-state index contributed by atoms with van der Waals surface area (Å²) < 4.78 is 10.0. The van der Waals surface area contributed by atoms with Gasteiger partial charge in [-0.1, -0.05) is 13.0 Å². The first-order chi connectivity index (χ1) is 6.25. The third-order valence-electron chi connectivity index (χ3n) is 2.53. The van der Waals surface area contributed by atoms with Gasteiger partial charge in [-0.3, -0.25) is 0 Å². The average Bonchev–Trinajstić information content (AvgIpc) is 2.18. The van der Waals surface area contributed by atoms with E-state index in [0.717, 1.165) is 25.7 Å². The van der Waals surface area contributed by atoms with Gasteiger partial charge in [-0.05, 0) is 25.7 Å². The number of rotatable bonds is 3. The molecular weight excluding hydrogens is 168 g/mol. The van der Waals surface area contributed by atoms with Crippen LogP contribution in [0, 0.1) is 0 Å². The number of methoxy groups -OCH3 is 1. The zero-order valence-electron chi connectivity index (χ0n) is 8.04. The van der Waals surface area contributed by atoms with Crippen LogP contribution in [0.1, 0.15) is 32.1 Å². The van der Waals surface area contributed by atoms with Crippen molar-refractivity contribution in [1.29, 1.82) is 0 Å². The van der Waals surface area contributed by atoms with E-state index in [2.05, 4.69) is 6.58 Å². The first-order valence-corrected chi connectivity index (χ1v) is 4.62. The summed E-state index contributed by atoms with van der Waals surface area (Å²) in [6.07, 6.45) is 6.02. The van der Waals surface area contributed by atoms with Crippen molar-refractivity contribution in [3.05, 3.63) is 12.8 Å². The third kappa shape index (κ3) is 2.02. The third-order valence-corrected chi connectivity index (χ3v) is 2.53. The van der Waals surface area contributed by atoms with Crippen molar-refractivity contribution in [2.24, 2.45) is 0 Å². The maximum atomic E-state index is 11.5. The summed E-state index contributed by atoms with van der Waals surface area (Å²) in [5.74, 6) is -0.271. The molecule has 0 atom stereocenters. The molecule has 1 aliphatic rings. The van der Waals surface area contributed by atoms with Gasteiger partial charge in [0.25, 0.3) is 0 Å². The van der Waals surface area contributed by atoms with Gasteiger partial charge in [0.05, 0.1) is 13.4 Å². The van der Waals surface area contributed by atoms with Crippen LogP contribution in [-0.4, -0.2) is 18.7 Å². The summed E-state index contributed by atoms with van der Waals surface area (Å²) in [6.45, 7) is 3.49. The van der Waals surface area contributed by atoms with E-state index in [1.54, 1.807) is 0 Å². The summed E-state index contributed by atoms with van der Waals surface area (Å²) in [5, 5.41) is 0. The minimum absolute atomic E-state index is 0.271. The number of esters is 1. The molecule has 0 heterocycles. The predicted molar refractivity (Wildman–Crippen MR) is 49.1 cm³/mol. The SMILES string of the molecule is C=COC1(C(=O)OC)CCCCC1. The fraction of sp³-hybridized carbons (Fsp3) is 0.700. The molecule has 74 valence electrons. The summed E-state index contributed by atoms with van der Waals surface area (Å²) >= 11 is 0. The van der Waals surface area contributed by atoms with Crippen LogP contribution in [0.5, 0.6) is 0 Å². The van der Waals surface area contributed by atoms with E-state index in [-0.39, 0.29) is 5.97 Å². The average molecular weight is 184 g/mol. The molecule has 1 fully saturated rings. The summed E-state index contributed by atoms with van der Waals surface area (Å²) in [5.41, 5.74) is -0.741. The lowest BCUT2D eigenvalue weighted by atomic mass is 9.84. The highest BCUT2D eigenvalue weighted by Gasteiger charge is 2.42. The Morgan fingerprint density at radius 3 is 2.46 bits per heavy atom. The number of carbonyl (C=O) groups excluding carboxylic acids is 1. The maximum absolute atomic E-state index is 11.5. The smallest absolute Gasteiger partial charge is 0.350 e. The van der Waals surface area contributed by atoms with E-state index in [4.69, 9.17) is 9.47 Å². The molecule has 3 heteroatoms. The van der Waals surface area contributed by atoms with Crippen molar-refractivity contribution in [2.75, 3.05) is 7.11 Å². The van der Waals surface area contributed by atoms with E-state index >= 15 is 0 Å². The first kappa shape index (κ1) is 10.1. The van der Waals surface area contributed by atoms with E-state index in [0.29, 0.717) is 0 Å². The topological polar surface area (TPSA) is 35.5 Å². The Hall–Kier alpha value is -0.990. The standard InChI is InChI=1S/C10H16O3/c1-3-13-10(9(11)12-2)7-5-4-6-8-10/h3H,1,4-8H2,2H3. The second-order valence-electron chi connectivity index (χ2n) is 3.33. The lowest BCUT2D eigenvalue weighted by molar-refractivity contribution is -0.166. The van der Waals surface area contributed by atoms with Crippen LogP contribution in [0.15, 0.2) is 12.8 Å². The van der Waals surface area contributed by atoms with Gasteiger partial charge >= 0.3 is 5.97 Å². The molecule has 0 amide bonds. The van der Waals surface area contributed by atoms with Gasteiger partial charge in [-0.2, -0.15) is 0 Å². The molecule has 0 bridgehead atoms. The molecule has 0 radical (unpaired) electrons. The molecule has 0 saturated heterocycles. The van der Waals surface area contributed by atoms with Crippen LogP contribution >= 0.6 is 0 Å². The van der Waals surface area contributed by atoms with Crippen molar-refractivity contribution in [3.8, 4) is 0 Å². The Morgan fingerprint density at radius 1 is 1.38 bits per heavy atom. The number of hydrogen-bond acceptors (Lipinski definition) is 3. The lowest BCUT2D eigenvalue weighted by Gasteiger charge is -2.33. The zero-order valence-corrected chi connectivity index (χ0v) is 8.04. The lowest BCUT2D eigenvalue weighted by Crippen LogP contribution is -2.43. The highest BCUT2D eigenvalue weighted by atomic mass is 16.6. The highest BCUT2D eigenvalue weighted by Crippen LogP contribution is 2.32. The first-order valence-electron chi connectivity index (χ1n) is 4.62. The van der Waals surface area contributed by atoms with Crippen molar-refractivity contribution in [2.45, 2.75) is 37.7 Å². The molecule has 3 nitrogen and oxygen atoms in total. The number of ether oxygens (including phenoxy) is 2. The van der Waals surface area contributed by atoms with Crippen molar-refractivity contribution in [3.63, 3.8) is 0 Å². The Labute approximate surface area is 78.7 Å². The van der Waals surface area contributed by atoms with E-state index in [9.17, 15) is 4.79 Å². The number of hydrogen-bond donors (Lipinski definition) is 0. The molecule has 0 aliphatic heterocycles. The zero-order chi connectivity index (χ0) is 9.73. The van der Waals surface area contributed by atoms with Gasteiger partial charge < -0.3 is 9.47 Å². The van der Waals surface area contributed by atoms with Crippen LogP contribution in [0.3, 0.4) is 0 Å². The molecule has 0 aromatic carbocycles. The van der Waals surface area contributed by atoms with Crippen LogP contribution < -0.4 is 0 Å². The van der Waals surface area contributed by atoms with E-state index in [1.807, 2.05) is 0 Å². The van der Waals surface area contributed by atoms with Gasteiger partial charge in [-0.25, -0.2) is 4.79 Å². The van der Waals surface area contributed by atoms with Crippen LogP contribution in [0.2, 0.25) is 0 Å². The fourth-order valence-electron chi connectivity index (χ4n) is 1.84. The van der Waals surface area contributed by atoms with Crippen LogP contribution in [0.25, 0.3) is 0 Å². The van der Waals surface area contributed by atoms with E-state index < -0.39 is 5.60 Å². The summed E-state index contributed by atoms with van der Waals surface area (Å²) in [4.78, 5) is 11.5. The van der Waals surface area contributed by atoms with Gasteiger partial charge in [0.2, 0.25) is 5.60 Å². The molecule has 0 N–H and O–H groups in total. The highest BCUT2D eigenvalue weighted by molar-refractivity contribution is 5.79. The predicted octanol–water partition coefficient (Wildman–Crippen LogP) is 2.02. The number of carbonyl (C=O) groups is 1. The quantitative estimate of drug-likeness (QED) is 0.497. The largest absolute Gasteiger partial charge is 0.484 e. The minimum Gasteiger partial charge on any atom is -0.484 e. The van der Waals surface area contributed by atoms with Gasteiger partial charge in [0, 0.05) is 0 Å². The Morgan fingerprint density at radius 2 is 2.00 bits per heavy atom. The van der Waals surface area contributed by atoms with Gasteiger partial charge in [-0.15, -0.1) is 0 Å². The maximum Gasteiger partial charge on any atom is 0.350 e. The Bertz CT molecular complexity index is 192. The second kappa shape index (κ2) is 4.30. The van der Waals surface area contributed by atoms with E-state index in [1.165, 1.54) is 19.8 Å². The summed E-state index contributed by atoms with van der Waals surface area (Å²) in [6, 6.07) is 0. The van der Waals surface area contributed by atoms with Crippen molar-refractivity contribution in [1.82, 2.24) is 0 Å². The molecule has 1 rings (SSSR count). The Kier molecular flexibility index (Phi) is 3.34. The second-order valence-corrected chi connectivity index (χ2v) is 3.33. The molecule has 13 heavy (non-hydrogen) atoms. The van der Waals surface area contributed by atoms with Crippen LogP contribution in [-0.2, 0) is 14.3 Å². The minimum atomic E-state index is -0.741. The summed E-state index contributed by atoms with van der Waals surface area (Å²) in [7, 11) is 1.39. The normalized spacial score (nSPS) is 20.4. The molecule has 1 saturated carbocycles. The Balaban J connectivity index is 2.71. The van der Waals surface area contributed by atoms with Gasteiger partial charge in [0.15, 0.2) is 0 Å². The fourth-order valence-corrected chi connectivity index (χ4v) is 1.84. The molecule has 0 aromatic rings. The molecule has 0 spiro atoms. The van der Waals surface area contributed by atoms with Crippen LogP contribution in [0.4, 0.5) is 0 Å². The van der Waals surface area contributed by atoms with Gasteiger partial charge in [0.1, 0.15) is 0 Å². The molecule has 1 aliphatic carbocycles. The van der Waals surface area contributed by atoms with Crippen molar-refractivity contribution < 1.29 is 14.3 Å². The van der Waals surface area contributed by atoms with Crippen molar-refractivity contribution >= 4 is 5.97 Å². The monoisotopic (exact) mass is 184 g/mol.